The van der Waals surface area contributed by atoms with Crippen LogP contribution in [0.5, 0.6) is 0 Å². The molecule has 3 amide bonds. The van der Waals surface area contributed by atoms with E-state index in [1.165, 1.54) is 0 Å². The summed E-state index contributed by atoms with van der Waals surface area (Å²) in [4.78, 5) is 41.3. The first-order valence-electron chi connectivity index (χ1n) is 8.35. The highest BCUT2D eigenvalue weighted by atomic mass is 79.9. The van der Waals surface area contributed by atoms with Gasteiger partial charge in [0.25, 0.3) is 5.91 Å². The van der Waals surface area contributed by atoms with E-state index in [1.807, 2.05) is 20.8 Å². The summed E-state index contributed by atoms with van der Waals surface area (Å²) in [6.45, 7) is 7.08. The molecule has 1 aromatic carbocycles. The molecule has 6 nitrogen and oxygen atoms in total. The third-order valence-corrected chi connectivity index (χ3v) is 4.94. The standard InChI is InChI=1S/C18H22BrN3O3/c1-18(2,3)9-15(23)21-6-7-22-14(10-21)16(24)20-13-5-4-11(19)8-12(13)17(22)25/h4-5,8,14H,6-7,9-10H2,1-3H3,(H,20,24)/t14-/m1/s1. The first-order chi connectivity index (χ1) is 11.7. The van der Waals surface area contributed by atoms with Gasteiger partial charge in [-0.3, -0.25) is 14.4 Å². The van der Waals surface area contributed by atoms with Crippen molar-refractivity contribution in [2.75, 3.05) is 25.0 Å². The summed E-state index contributed by atoms with van der Waals surface area (Å²) < 4.78 is 0.784. The molecule has 0 bridgehead atoms. The third-order valence-electron chi connectivity index (χ3n) is 4.45. The molecule has 1 aromatic rings. The lowest BCUT2D eigenvalue weighted by Gasteiger charge is -2.40. The van der Waals surface area contributed by atoms with Crippen LogP contribution in [0.3, 0.4) is 0 Å². The van der Waals surface area contributed by atoms with E-state index in [0.29, 0.717) is 30.8 Å². The molecular formula is C18H22BrN3O3. The van der Waals surface area contributed by atoms with Crippen LogP contribution in [0.15, 0.2) is 22.7 Å². The second-order valence-electron chi connectivity index (χ2n) is 7.77. The SMILES string of the molecule is CC(C)(C)CC(=O)N1CCN2C(=O)c3cc(Br)ccc3NC(=O)[C@H]2C1. The van der Waals surface area contributed by atoms with Crippen molar-refractivity contribution in [1.29, 1.82) is 0 Å². The van der Waals surface area contributed by atoms with Crippen LogP contribution in [0.2, 0.25) is 0 Å². The van der Waals surface area contributed by atoms with Crippen molar-refractivity contribution in [3.63, 3.8) is 0 Å². The number of hydrogen-bond donors (Lipinski definition) is 1. The van der Waals surface area contributed by atoms with Crippen LogP contribution < -0.4 is 5.32 Å². The van der Waals surface area contributed by atoms with Gasteiger partial charge in [-0.2, -0.15) is 0 Å². The zero-order valence-corrected chi connectivity index (χ0v) is 16.2. The van der Waals surface area contributed by atoms with E-state index < -0.39 is 6.04 Å². The molecule has 0 spiro atoms. The largest absolute Gasteiger partial charge is 0.338 e. The summed E-state index contributed by atoms with van der Waals surface area (Å²) in [5, 5.41) is 2.83. The first kappa shape index (κ1) is 17.9. The fourth-order valence-electron chi connectivity index (χ4n) is 3.22. The molecule has 7 heteroatoms. The number of halogens is 1. The third kappa shape index (κ3) is 3.71. The number of carbonyl (C=O) groups excluding carboxylic acids is 3. The van der Waals surface area contributed by atoms with Crippen molar-refractivity contribution in [2.24, 2.45) is 5.41 Å². The van der Waals surface area contributed by atoms with Gasteiger partial charge in [0.2, 0.25) is 11.8 Å². The molecule has 0 saturated carbocycles. The topological polar surface area (TPSA) is 69.7 Å². The van der Waals surface area contributed by atoms with Gasteiger partial charge >= 0.3 is 0 Å². The zero-order valence-electron chi connectivity index (χ0n) is 14.6. The molecule has 0 aromatic heterocycles. The molecule has 2 aliphatic heterocycles. The van der Waals surface area contributed by atoms with Crippen LogP contribution in [0, 0.1) is 5.41 Å². The molecule has 134 valence electrons. The van der Waals surface area contributed by atoms with Gasteiger partial charge in [0.15, 0.2) is 0 Å². The maximum atomic E-state index is 12.9. The van der Waals surface area contributed by atoms with Gasteiger partial charge in [-0.1, -0.05) is 36.7 Å². The number of nitrogens with one attached hydrogen (secondary N) is 1. The second-order valence-corrected chi connectivity index (χ2v) is 8.69. The van der Waals surface area contributed by atoms with Crippen molar-refractivity contribution < 1.29 is 14.4 Å². The van der Waals surface area contributed by atoms with Gasteiger partial charge in [0.1, 0.15) is 6.04 Å². The van der Waals surface area contributed by atoms with E-state index in [2.05, 4.69) is 21.2 Å². The van der Waals surface area contributed by atoms with Crippen LogP contribution in [-0.2, 0) is 9.59 Å². The highest BCUT2D eigenvalue weighted by Crippen LogP contribution is 2.28. The number of benzene rings is 1. The minimum atomic E-state index is -0.656. The Morgan fingerprint density at radius 2 is 2.00 bits per heavy atom. The maximum absolute atomic E-state index is 12.9. The fourth-order valence-corrected chi connectivity index (χ4v) is 3.58. The molecule has 0 radical (unpaired) electrons. The predicted molar refractivity (Wildman–Crippen MR) is 98.2 cm³/mol. The van der Waals surface area contributed by atoms with Crippen LogP contribution in [0.1, 0.15) is 37.6 Å². The van der Waals surface area contributed by atoms with Gasteiger partial charge in [-0.05, 0) is 23.6 Å². The normalized spacial score (nSPS) is 20.6. The van der Waals surface area contributed by atoms with E-state index in [9.17, 15) is 14.4 Å². The maximum Gasteiger partial charge on any atom is 0.256 e. The summed E-state index contributed by atoms with van der Waals surface area (Å²) in [5.74, 6) is -0.401. The number of hydrogen-bond acceptors (Lipinski definition) is 3. The monoisotopic (exact) mass is 407 g/mol. The number of anilines is 1. The first-order valence-corrected chi connectivity index (χ1v) is 9.14. The average Bonchev–Trinajstić information content (AvgIpc) is 2.62. The number of fused-ring (bicyclic) bond motifs is 2. The average molecular weight is 408 g/mol. The molecule has 25 heavy (non-hydrogen) atoms. The van der Waals surface area contributed by atoms with Gasteiger partial charge in [0.05, 0.1) is 17.8 Å². The van der Waals surface area contributed by atoms with E-state index in [-0.39, 0.29) is 29.7 Å². The lowest BCUT2D eigenvalue weighted by Crippen LogP contribution is -2.59. The Morgan fingerprint density at radius 3 is 2.68 bits per heavy atom. The lowest BCUT2D eigenvalue weighted by molar-refractivity contribution is -0.137. The van der Waals surface area contributed by atoms with E-state index in [1.54, 1.807) is 28.0 Å². The number of amides is 3. The molecule has 1 saturated heterocycles. The Bertz CT molecular complexity index is 742. The molecule has 2 heterocycles. The van der Waals surface area contributed by atoms with Crippen LogP contribution in [-0.4, -0.2) is 53.2 Å². The Morgan fingerprint density at radius 1 is 1.28 bits per heavy atom. The molecule has 1 atom stereocenters. The summed E-state index contributed by atoms with van der Waals surface area (Å²) in [6.07, 6.45) is 0.419. The summed E-state index contributed by atoms with van der Waals surface area (Å²) >= 11 is 3.37. The smallest absolute Gasteiger partial charge is 0.256 e. The van der Waals surface area contributed by atoms with Crippen LogP contribution in [0.4, 0.5) is 5.69 Å². The van der Waals surface area contributed by atoms with Crippen LogP contribution >= 0.6 is 15.9 Å². The van der Waals surface area contributed by atoms with Gasteiger partial charge < -0.3 is 15.1 Å². The van der Waals surface area contributed by atoms with Gasteiger partial charge in [-0.15, -0.1) is 0 Å². The highest BCUT2D eigenvalue weighted by molar-refractivity contribution is 9.10. The number of piperazine rings is 1. The molecule has 3 rings (SSSR count). The fraction of sp³-hybridized carbons (Fsp3) is 0.500. The zero-order chi connectivity index (χ0) is 18.4. The minimum Gasteiger partial charge on any atom is -0.338 e. The van der Waals surface area contributed by atoms with E-state index >= 15 is 0 Å². The molecule has 1 fully saturated rings. The lowest BCUT2D eigenvalue weighted by atomic mass is 9.91. The van der Waals surface area contributed by atoms with Crippen molar-refractivity contribution in [3.05, 3.63) is 28.2 Å². The van der Waals surface area contributed by atoms with Crippen molar-refractivity contribution >= 4 is 39.3 Å². The molecular weight excluding hydrogens is 386 g/mol. The summed E-state index contributed by atoms with van der Waals surface area (Å²) in [7, 11) is 0. The number of nitrogens with zero attached hydrogens (tertiary/aromatic N) is 2. The van der Waals surface area contributed by atoms with Crippen molar-refractivity contribution in [3.8, 4) is 0 Å². The Kier molecular flexibility index (Phi) is 4.62. The van der Waals surface area contributed by atoms with Gasteiger partial charge in [-0.25, -0.2) is 0 Å². The minimum absolute atomic E-state index is 0.0249. The molecule has 0 unspecified atom stereocenters. The Hall–Kier alpha value is -1.89. The van der Waals surface area contributed by atoms with Crippen molar-refractivity contribution in [1.82, 2.24) is 9.80 Å². The molecule has 1 N–H and O–H groups in total. The summed E-state index contributed by atoms with van der Waals surface area (Å²) in [5.41, 5.74) is 0.873. The van der Waals surface area contributed by atoms with Gasteiger partial charge in [0, 0.05) is 24.0 Å². The molecule has 2 aliphatic rings. The molecule has 0 aliphatic carbocycles. The Balaban J connectivity index is 1.84. The van der Waals surface area contributed by atoms with E-state index in [0.717, 1.165) is 4.47 Å². The number of carbonyl (C=O) groups is 3. The number of rotatable bonds is 1. The van der Waals surface area contributed by atoms with E-state index in [4.69, 9.17) is 0 Å². The van der Waals surface area contributed by atoms with Crippen molar-refractivity contribution in [2.45, 2.75) is 33.2 Å². The summed E-state index contributed by atoms with van der Waals surface area (Å²) in [6, 6.07) is 4.57. The Labute approximate surface area is 155 Å². The quantitative estimate of drug-likeness (QED) is 0.777. The van der Waals surface area contributed by atoms with Crippen LogP contribution in [0.25, 0.3) is 0 Å². The highest BCUT2D eigenvalue weighted by Gasteiger charge is 2.40. The second kappa shape index (κ2) is 6.44. The predicted octanol–water partition coefficient (Wildman–Crippen LogP) is 2.49.